The number of carbonyl (C=O) groups is 1. The lowest BCUT2D eigenvalue weighted by atomic mass is 10.2. The highest BCUT2D eigenvalue weighted by molar-refractivity contribution is 14.1. The largest absolute Gasteiger partial charge is 0.490 e. The van der Waals surface area contributed by atoms with Crippen molar-refractivity contribution < 1.29 is 18.7 Å². The quantitative estimate of drug-likeness (QED) is 0.485. The molecule has 22 heavy (non-hydrogen) atoms. The Bertz CT molecular complexity index is 691. The summed E-state index contributed by atoms with van der Waals surface area (Å²) in [6, 6.07) is 9.52. The highest BCUT2D eigenvalue weighted by Gasteiger charge is 2.15. The van der Waals surface area contributed by atoms with Gasteiger partial charge in [0, 0.05) is 11.1 Å². The van der Waals surface area contributed by atoms with Crippen molar-refractivity contribution in [3.8, 4) is 11.5 Å². The predicted octanol–water partition coefficient (Wildman–Crippen LogP) is 4.79. The van der Waals surface area contributed by atoms with E-state index in [0.29, 0.717) is 32.8 Å². The van der Waals surface area contributed by atoms with E-state index in [2.05, 4.69) is 0 Å². The van der Waals surface area contributed by atoms with Crippen LogP contribution in [0.25, 0.3) is 0 Å². The van der Waals surface area contributed by atoms with Crippen LogP contribution in [0.4, 0.5) is 4.39 Å². The zero-order valence-electron chi connectivity index (χ0n) is 11.7. The molecule has 0 fully saturated rings. The first kappa shape index (κ1) is 17.0. The van der Waals surface area contributed by atoms with Crippen LogP contribution in [0.2, 0.25) is 0 Å². The molecule has 0 aliphatic rings. The molecule has 0 saturated carbocycles. The van der Waals surface area contributed by atoms with E-state index in [4.69, 9.17) is 21.1 Å². The molecule has 116 valence electrons. The van der Waals surface area contributed by atoms with Crippen LogP contribution in [-0.2, 0) is 6.61 Å². The van der Waals surface area contributed by atoms with Crippen molar-refractivity contribution >= 4 is 39.4 Å². The van der Waals surface area contributed by atoms with Crippen molar-refractivity contribution in [2.24, 2.45) is 0 Å². The fourth-order valence-corrected chi connectivity index (χ4v) is 2.72. The van der Waals surface area contributed by atoms with Crippen LogP contribution in [0.5, 0.6) is 11.5 Å². The van der Waals surface area contributed by atoms with Gasteiger partial charge in [0.15, 0.2) is 11.5 Å². The maximum atomic E-state index is 13.6. The standard InChI is InChI=1S/C16H13ClFIO3/c1-2-21-14-8-11(16(17)20)7-13(19)15(14)22-9-10-5-3-4-6-12(10)18/h3-8H,2,9H2,1H3. The molecule has 0 atom stereocenters. The molecule has 0 saturated heterocycles. The molecule has 0 aromatic heterocycles. The average molecular weight is 435 g/mol. The Balaban J connectivity index is 2.29. The first-order valence-electron chi connectivity index (χ1n) is 6.55. The van der Waals surface area contributed by atoms with Gasteiger partial charge in [-0.3, -0.25) is 4.79 Å². The van der Waals surface area contributed by atoms with Gasteiger partial charge in [0.2, 0.25) is 0 Å². The van der Waals surface area contributed by atoms with E-state index in [1.165, 1.54) is 12.1 Å². The van der Waals surface area contributed by atoms with Gasteiger partial charge in [0.1, 0.15) is 12.4 Å². The van der Waals surface area contributed by atoms with E-state index in [0.717, 1.165) is 0 Å². The maximum absolute atomic E-state index is 13.6. The fraction of sp³-hybridized carbons (Fsp3) is 0.188. The lowest BCUT2D eigenvalue weighted by molar-refractivity contribution is 0.108. The molecule has 3 nitrogen and oxygen atoms in total. The minimum atomic E-state index is -0.570. The van der Waals surface area contributed by atoms with E-state index in [1.807, 2.05) is 29.5 Å². The van der Waals surface area contributed by atoms with Crippen LogP contribution in [-0.4, -0.2) is 11.8 Å². The topological polar surface area (TPSA) is 35.5 Å². The van der Waals surface area contributed by atoms with E-state index >= 15 is 0 Å². The molecule has 6 heteroatoms. The van der Waals surface area contributed by atoms with Gasteiger partial charge in [-0.25, -0.2) is 4.39 Å². The SMILES string of the molecule is CCOc1cc(C(=O)Cl)cc(I)c1OCc1ccccc1F. The summed E-state index contributed by atoms with van der Waals surface area (Å²) in [6.07, 6.45) is 0. The van der Waals surface area contributed by atoms with Gasteiger partial charge in [-0.15, -0.1) is 0 Å². The molecule has 2 aromatic carbocycles. The van der Waals surface area contributed by atoms with Gasteiger partial charge in [-0.2, -0.15) is 0 Å². The minimum absolute atomic E-state index is 0.0664. The number of halogens is 3. The number of hydrogen-bond donors (Lipinski definition) is 0. The summed E-state index contributed by atoms with van der Waals surface area (Å²) in [5.41, 5.74) is 0.769. The zero-order valence-corrected chi connectivity index (χ0v) is 14.7. The number of carbonyl (C=O) groups excluding carboxylic acids is 1. The lowest BCUT2D eigenvalue weighted by Gasteiger charge is -2.15. The van der Waals surface area contributed by atoms with E-state index in [1.54, 1.807) is 24.3 Å². The summed E-state index contributed by atoms with van der Waals surface area (Å²) in [4.78, 5) is 11.3. The lowest BCUT2D eigenvalue weighted by Crippen LogP contribution is -2.04. The second-order valence-electron chi connectivity index (χ2n) is 4.37. The molecule has 0 amide bonds. The Hall–Kier alpha value is -1.34. The van der Waals surface area contributed by atoms with E-state index in [9.17, 15) is 9.18 Å². The normalized spacial score (nSPS) is 10.4. The van der Waals surface area contributed by atoms with Crippen molar-refractivity contribution in [1.82, 2.24) is 0 Å². The molecule has 2 rings (SSSR count). The molecular weight excluding hydrogens is 422 g/mol. The van der Waals surface area contributed by atoms with E-state index in [-0.39, 0.29) is 12.4 Å². The fourth-order valence-electron chi connectivity index (χ4n) is 1.85. The number of rotatable bonds is 6. The van der Waals surface area contributed by atoms with Crippen LogP contribution < -0.4 is 9.47 Å². The van der Waals surface area contributed by atoms with Gasteiger partial charge in [-0.05, 0) is 59.3 Å². The van der Waals surface area contributed by atoms with Crippen molar-refractivity contribution in [3.05, 3.63) is 56.9 Å². The third-order valence-corrected chi connectivity index (χ3v) is 3.89. The Morgan fingerprint density at radius 2 is 2.00 bits per heavy atom. The summed E-state index contributed by atoms with van der Waals surface area (Å²) in [5, 5.41) is -0.570. The molecule has 0 radical (unpaired) electrons. The zero-order chi connectivity index (χ0) is 16.1. The number of benzene rings is 2. The maximum Gasteiger partial charge on any atom is 0.252 e. The third-order valence-electron chi connectivity index (χ3n) is 2.87. The Labute approximate surface area is 146 Å². The summed E-state index contributed by atoms with van der Waals surface area (Å²) in [6.45, 7) is 2.30. The van der Waals surface area contributed by atoms with Gasteiger partial charge in [0.05, 0.1) is 10.2 Å². The summed E-state index contributed by atoms with van der Waals surface area (Å²) < 4.78 is 25.5. The molecule has 0 unspecified atom stereocenters. The van der Waals surface area contributed by atoms with Gasteiger partial charge < -0.3 is 9.47 Å². The Kier molecular flexibility index (Phi) is 6.02. The van der Waals surface area contributed by atoms with Crippen LogP contribution >= 0.6 is 34.2 Å². The van der Waals surface area contributed by atoms with Crippen molar-refractivity contribution in [3.63, 3.8) is 0 Å². The van der Waals surface area contributed by atoms with Crippen molar-refractivity contribution in [2.45, 2.75) is 13.5 Å². The number of ether oxygens (including phenoxy) is 2. The third kappa shape index (κ3) is 4.10. The van der Waals surface area contributed by atoms with Gasteiger partial charge >= 0.3 is 0 Å². The molecule has 0 bridgehead atoms. The number of hydrogen-bond acceptors (Lipinski definition) is 3. The van der Waals surface area contributed by atoms with Crippen molar-refractivity contribution in [2.75, 3.05) is 6.61 Å². The molecule has 0 aliphatic heterocycles. The average Bonchev–Trinajstić information content (AvgIpc) is 2.48. The monoisotopic (exact) mass is 434 g/mol. The van der Waals surface area contributed by atoms with Crippen LogP contribution in [0.3, 0.4) is 0 Å². The predicted molar refractivity (Wildman–Crippen MR) is 91.2 cm³/mol. The molecule has 0 aliphatic carbocycles. The van der Waals surface area contributed by atoms with E-state index < -0.39 is 5.24 Å². The van der Waals surface area contributed by atoms with Crippen LogP contribution in [0.1, 0.15) is 22.8 Å². The van der Waals surface area contributed by atoms with Crippen molar-refractivity contribution in [1.29, 1.82) is 0 Å². The summed E-state index contributed by atoms with van der Waals surface area (Å²) in [5.74, 6) is 0.546. The summed E-state index contributed by atoms with van der Waals surface area (Å²) in [7, 11) is 0. The second kappa shape index (κ2) is 7.78. The first-order chi connectivity index (χ1) is 10.5. The molecule has 0 N–H and O–H groups in total. The smallest absolute Gasteiger partial charge is 0.252 e. The molecule has 2 aromatic rings. The molecule has 0 spiro atoms. The summed E-state index contributed by atoms with van der Waals surface area (Å²) >= 11 is 7.53. The van der Waals surface area contributed by atoms with Gasteiger partial charge in [0.25, 0.3) is 5.24 Å². The highest BCUT2D eigenvalue weighted by atomic mass is 127. The first-order valence-corrected chi connectivity index (χ1v) is 8.01. The highest BCUT2D eigenvalue weighted by Crippen LogP contribution is 2.35. The second-order valence-corrected chi connectivity index (χ2v) is 5.88. The Morgan fingerprint density at radius 1 is 1.27 bits per heavy atom. The molecule has 0 heterocycles. The molecular formula is C16H13ClFIO3. The van der Waals surface area contributed by atoms with Gasteiger partial charge in [-0.1, -0.05) is 18.2 Å². The van der Waals surface area contributed by atoms with Crippen LogP contribution in [0.15, 0.2) is 36.4 Å². The minimum Gasteiger partial charge on any atom is -0.490 e. The van der Waals surface area contributed by atoms with Crippen LogP contribution in [0, 0.1) is 9.39 Å². The Morgan fingerprint density at radius 3 is 2.64 bits per heavy atom.